The van der Waals surface area contributed by atoms with Crippen molar-refractivity contribution in [2.45, 2.75) is 96.0 Å². The minimum atomic E-state index is -1.16. The van der Waals surface area contributed by atoms with Crippen molar-refractivity contribution in [3.8, 4) is 0 Å². The average Bonchev–Trinajstić information content (AvgIpc) is 3.70. The minimum absolute atomic E-state index is 0.316. The van der Waals surface area contributed by atoms with Gasteiger partial charge in [0.15, 0.2) is 0 Å². The fourth-order valence-corrected chi connectivity index (χ4v) is 6.33. The summed E-state index contributed by atoms with van der Waals surface area (Å²) in [4.78, 5) is 69.8. The van der Waals surface area contributed by atoms with E-state index in [1.807, 2.05) is 60.7 Å². The van der Waals surface area contributed by atoms with Gasteiger partial charge in [0.2, 0.25) is 17.7 Å². The molecule has 2 aliphatic rings. The number of nitrogens with one attached hydrogen (secondary N) is 2. The highest BCUT2D eigenvalue weighted by Gasteiger charge is 2.45. The number of carbonyl (C=O) groups is 5. The molecule has 0 unspecified atom stereocenters. The van der Waals surface area contributed by atoms with Crippen molar-refractivity contribution in [2.75, 3.05) is 13.1 Å². The van der Waals surface area contributed by atoms with Gasteiger partial charge in [0.05, 0.1) is 0 Å². The van der Waals surface area contributed by atoms with Crippen LogP contribution in [0.15, 0.2) is 60.7 Å². The van der Waals surface area contributed by atoms with Gasteiger partial charge in [-0.3, -0.25) is 14.4 Å². The molecule has 248 valence electrons. The van der Waals surface area contributed by atoms with Gasteiger partial charge in [-0.1, -0.05) is 74.5 Å². The molecule has 4 amide bonds. The predicted molar refractivity (Wildman–Crippen MR) is 172 cm³/mol. The Morgan fingerprint density at radius 3 is 1.80 bits per heavy atom. The van der Waals surface area contributed by atoms with E-state index in [4.69, 9.17) is 4.74 Å². The Bertz CT molecular complexity index is 1350. The number of aliphatic carboxylic acids is 1. The molecule has 46 heavy (non-hydrogen) atoms. The van der Waals surface area contributed by atoms with E-state index in [-0.39, 0.29) is 11.8 Å². The molecule has 2 fully saturated rings. The van der Waals surface area contributed by atoms with Crippen molar-refractivity contribution in [1.82, 2.24) is 20.4 Å². The standard InChI is InChI=1S/C35H46N4O7/c1-22(2)28(32(42)38-20-12-18-25(38)31(41)39-21-13-19-26(39)33(43)44)36-30(40)29(37-34(45)46-35(3,4)5)27(23-14-8-6-9-15-23)24-16-10-7-11-17-24/h6-11,14-17,22,25-29H,12-13,18-21H2,1-5H3,(H,36,40)(H,37,45)(H,43,44)/t25-,26-,28-,29-/m0/s1. The van der Waals surface area contributed by atoms with Crippen LogP contribution in [0.25, 0.3) is 0 Å². The van der Waals surface area contributed by atoms with Gasteiger partial charge >= 0.3 is 12.1 Å². The zero-order valence-electron chi connectivity index (χ0n) is 27.3. The first-order valence-corrected chi connectivity index (χ1v) is 16.0. The lowest BCUT2D eigenvalue weighted by atomic mass is 9.84. The largest absolute Gasteiger partial charge is 0.480 e. The molecule has 0 spiro atoms. The van der Waals surface area contributed by atoms with Crippen molar-refractivity contribution in [3.05, 3.63) is 71.8 Å². The highest BCUT2D eigenvalue weighted by Crippen LogP contribution is 2.30. The maximum atomic E-state index is 14.3. The number of benzene rings is 2. The Hall–Kier alpha value is -4.41. The van der Waals surface area contributed by atoms with Crippen LogP contribution in [0.3, 0.4) is 0 Å². The predicted octanol–water partition coefficient (Wildman–Crippen LogP) is 3.92. The quantitative estimate of drug-likeness (QED) is 0.359. The second kappa shape index (κ2) is 14.8. The van der Waals surface area contributed by atoms with Crippen LogP contribution in [0.4, 0.5) is 4.79 Å². The van der Waals surface area contributed by atoms with Crippen LogP contribution in [-0.4, -0.2) is 87.5 Å². The van der Waals surface area contributed by atoms with Crippen molar-refractivity contribution in [1.29, 1.82) is 0 Å². The monoisotopic (exact) mass is 634 g/mol. The molecule has 2 saturated heterocycles. The number of carboxylic acid groups (broad SMARTS) is 1. The number of amides is 4. The van der Waals surface area contributed by atoms with Gasteiger partial charge in [0.25, 0.3) is 0 Å². The Balaban J connectivity index is 1.64. The lowest BCUT2D eigenvalue weighted by Gasteiger charge is -2.35. The summed E-state index contributed by atoms with van der Waals surface area (Å²) < 4.78 is 5.55. The Kier molecular flexibility index (Phi) is 11.1. The number of nitrogens with zero attached hydrogens (tertiary/aromatic N) is 2. The van der Waals surface area contributed by atoms with Crippen LogP contribution in [0.2, 0.25) is 0 Å². The maximum Gasteiger partial charge on any atom is 0.408 e. The molecule has 4 atom stereocenters. The summed E-state index contributed by atoms with van der Waals surface area (Å²) in [6.07, 6.45) is 1.19. The molecule has 11 heteroatoms. The Labute approximate surface area is 270 Å². The number of ether oxygens (including phenoxy) is 1. The summed E-state index contributed by atoms with van der Waals surface area (Å²) in [5.74, 6) is -3.41. The lowest BCUT2D eigenvalue weighted by Crippen LogP contribution is -2.59. The highest BCUT2D eigenvalue weighted by atomic mass is 16.6. The van der Waals surface area contributed by atoms with Crippen molar-refractivity contribution in [3.63, 3.8) is 0 Å². The summed E-state index contributed by atoms with van der Waals surface area (Å²) in [5, 5.41) is 15.3. The topological polar surface area (TPSA) is 145 Å². The zero-order valence-corrected chi connectivity index (χ0v) is 27.3. The van der Waals surface area contributed by atoms with Crippen LogP contribution >= 0.6 is 0 Å². The molecular weight excluding hydrogens is 588 g/mol. The van der Waals surface area contributed by atoms with Crippen LogP contribution in [0, 0.1) is 5.92 Å². The van der Waals surface area contributed by atoms with Gasteiger partial charge < -0.3 is 30.3 Å². The lowest BCUT2D eigenvalue weighted by molar-refractivity contribution is -0.152. The molecule has 2 aliphatic heterocycles. The summed E-state index contributed by atoms with van der Waals surface area (Å²) in [5.41, 5.74) is 0.741. The van der Waals surface area contributed by atoms with Gasteiger partial charge in [0, 0.05) is 19.0 Å². The third kappa shape index (κ3) is 8.24. The van der Waals surface area contributed by atoms with E-state index in [0.717, 1.165) is 11.1 Å². The van der Waals surface area contributed by atoms with Gasteiger partial charge in [-0.2, -0.15) is 0 Å². The van der Waals surface area contributed by atoms with Gasteiger partial charge in [-0.05, 0) is 63.5 Å². The van der Waals surface area contributed by atoms with Crippen LogP contribution < -0.4 is 10.6 Å². The van der Waals surface area contributed by atoms with Crippen LogP contribution in [-0.2, 0) is 23.9 Å². The fourth-order valence-electron chi connectivity index (χ4n) is 6.33. The highest BCUT2D eigenvalue weighted by molar-refractivity contribution is 5.96. The van der Waals surface area contributed by atoms with Crippen LogP contribution in [0.5, 0.6) is 0 Å². The molecule has 0 aromatic heterocycles. The molecule has 2 heterocycles. The van der Waals surface area contributed by atoms with Crippen molar-refractivity contribution < 1.29 is 33.8 Å². The molecule has 4 rings (SSSR count). The number of hydrogen-bond donors (Lipinski definition) is 3. The summed E-state index contributed by atoms with van der Waals surface area (Å²) in [7, 11) is 0. The summed E-state index contributed by atoms with van der Waals surface area (Å²) in [6.45, 7) is 9.45. The van der Waals surface area contributed by atoms with Gasteiger partial charge in [0.1, 0.15) is 29.8 Å². The van der Waals surface area contributed by atoms with Crippen molar-refractivity contribution >= 4 is 29.8 Å². The minimum Gasteiger partial charge on any atom is -0.480 e. The number of carbonyl (C=O) groups excluding carboxylic acids is 4. The molecule has 3 N–H and O–H groups in total. The van der Waals surface area contributed by atoms with E-state index >= 15 is 0 Å². The van der Waals surface area contributed by atoms with E-state index in [1.165, 1.54) is 9.80 Å². The second-order valence-electron chi connectivity index (χ2n) is 13.4. The first-order chi connectivity index (χ1) is 21.8. The average molecular weight is 635 g/mol. The first kappa shape index (κ1) is 34.5. The SMILES string of the molecule is CC(C)[C@H](NC(=O)[C@@H](NC(=O)OC(C)(C)C)C(c1ccccc1)c1ccccc1)C(=O)N1CCC[C@H]1C(=O)N1CCC[C@H]1C(=O)O. The van der Waals surface area contributed by atoms with Crippen LogP contribution in [0.1, 0.15) is 77.3 Å². The molecule has 0 aliphatic carbocycles. The number of carboxylic acids is 1. The second-order valence-corrected chi connectivity index (χ2v) is 13.4. The molecule has 0 bridgehead atoms. The molecule has 0 saturated carbocycles. The molecule has 0 radical (unpaired) electrons. The van der Waals surface area contributed by atoms with E-state index in [1.54, 1.807) is 34.6 Å². The number of likely N-dealkylation sites (tertiary alicyclic amines) is 2. The third-order valence-electron chi connectivity index (χ3n) is 8.48. The molecule has 2 aromatic rings. The smallest absolute Gasteiger partial charge is 0.408 e. The van der Waals surface area contributed by atoms with Gasteiger partial charge in [-0.15, -0.1) is 0 Å². The molecule has 2 aromatic carbocycles. The molecular formula is C35H46N4O7. The number of rotatable bonds is 10. The first-order valence-electron chi connectivity index (χ1n) is 16.0. The third-order valence-corrected chi connectivity index (χ3v) is 8.48. The van der Waals surface area contributed by atoms with E-state index < -0.39 is 59.6 Å². The molecule has 11 nitrogen and oxygen atoms in total. The van der Waals surface area contributed by atoms with E-state index in [2.05, 4.69) is 10.6 Å². The number of hydrogen-bond acceptors (Lipinski definition) is 6. The van der Waals surface area contributed by atoms with E-state index in [9.17, 15) is 29.1 Å². The van der Waals surface area contributed by atoms with E-state index in [0.29, 0.717) is 38.8 Å². The number of alkyl carbamates (subject to hydrolysis) is 1. The Morgan fingerprint density at radius 2 is 1.30 bits per heavy atom. The maximum absolute atomic E-state index is 14.3. The summed E-state index contributed by atoms with van der Waals surface area (Å²) >= 11 is 0. The van der Waals surface area contributed by atoms with Crippen molar-refractivity contribution in [2.24, 2.45) is 5.92 Å². The fraction of sp³-hybridized carbons (Fsp3) is 0.514. The Morgan fingerprint density at radius 1 is 0.783 bits per heavy atom. The zero-order chi connectivity index (χ0) is 33.6. The summed E-state index contributed by atoms with van der Waals surface area (Å²) in [6, 6.07) is 14.8. The normalized spacial score (nSPS) is 19.5. The van der Waals surface area contributed by atoms with Gasteiger partial charge in [-0.25, -0.2) is 9.59 Å².